The molecule has 2 fully saturated rings. The van der Waals surface area contributed by atoms with Crippen LogP contribution in [0.4, 0.5) is 0 Å². The summed E-state index contributed by atoms with van der Waals surface area (Å²) in [7, 11) is 4.19. The summed E-state index contributed by atoms with van der Waals surface area (Å²) in [5, 5.41) is 8.55. The van der Waals surface area contributed by atoms with Crippen LogP contribution in [0.3, 0.4) is 0 Å². The van der Waals surface area contributed by atoms with Gasteiger partial charge in [-0.2, -0.15) is 0 Å². The highest BCUT2D eigenvalue weighted by molar-refractivity contribution is 5.83. The lowest BCUT2D eigenvalue weighted by Gasteiger charge is -2.47. The average molecular weight is 368 g/mol. The number of rotatable bonds is 5. The van der Waals surface area contributed by atoms with Crippen LogP contribution in [-0.4, -0.2) is 54.6 Å². The van der Waals surface area contributed by atoms with Crippen molar-refractivity contribution < 1.29 is 0 Å². The Bertz CT molecular complexity index is 766. The molecule has 0 spiro atoms. The van der Waals surface area contributed by atoms with E-state index in [0.29, 0.717) is 6.04 Å². The van der Waals surface area contributed by atoms with E-state index in [1.807, 2.05) is 7.05 Å². The van der Waals surface area contributed by atoms with Gasteiger partial charge in [0.2, 0.25) is 0 Å². The number of H-pyrrole nitrogens is 1. The van der Waals surface area contributed by atoms with Crippen LogP contribution >= 0.6 is 0 Å². The number of guanidine groups is 1. The topological polar surface area (TPSA) is 55.5 Å². The summed E-state index contributed by atoms with van der Waals surface area (Å²) < 4.78 is 0. The molecule has 3 heterocycles. The molecule has 1 aromatic carbocycles. The summed E-state index contributed by atoms with van der Waals surface area (Å²) in [6.07, 6.45) is 10.9. The number of nitrogens with zero attached hydrogens (tertiary/aromatic N) is 2. The second-order valence-electron chi connectivity index (χ2n) is 8.18. The van der Waals surface area contributed by atoms with Gasteiger partial charge in [-0.25, -0.2) is 0 Å². The van der Waals surface area contributed by atoms with Gasteiger partial charge in [-0.3, -0.25) is 4.99 Å². The number of aromatic amines is 1. The Balaban J connectivity index is 1.24. The second kappa shape index (κ2) is 8.34. The Morgan fingerprint density at radius 2 is 2.00 bits per heavy atom. The second-order valence-corrected chi connectivity index (χ2v) is 8.18. The predicted molar refractivity (Wildman–Crippen MR) is 113 cm³/mol. The van der Waals surface area contributed by atoms with Crippen molar-refractivity contribution in [3.8, 4) is 0 Å². The Labute approximate surface area is 162 Å². The van der Waals surface area contributed by atoms with Crippen molar-refractivity contribution in [1.29, 1.82) is 0 Å². The number of hydrogen-bond acceptors (Lipinski definition) is 2. The predicted octanol–water partition coefficient (Wildman–Crippen LogP) is 3.28. The van der Waals surface area contributed by atoms with E-state index >= 15 is 0 Å². The molecule has 0 aliphatic carbocycles. The fourth-order valence-corrected chi connectivity index (χ4v) is 4.95. The zero-order valence-corrected chi connectivity index (χ0v) is 16.7. The van der Waals surface area contributed by atoms with Gasteiger partial charge in [0.05, 0.1) is 0 Å². The van der Waals surface area contributed by atoms with Crippen LogP contribution in [0, 0.1) is 0 Å². The summed E-state index contributed by atoms with van der Waals surface area (Å²) in [5.41, 5.74) is 2.63. The Kier molecular flexibility index (Phi) is 5.67. The maximum absolute atomic E-state index is 4.45. The number of aryl methyl sites for hydroxylation is 1. The minimum absolute atomic E-state index is 0.552. The molecule has 146 valence electrons. The molecule has 2 bridgehead atoms. The van der Waals surface area contributed by atoms with Crippen LogP contribution in [-0.2, 0) is 6.42 Å². The minimum atomic E-state index is 0.552. The lowest BCUT2D eigenvalue weighted by molar-refractivity contribution is 0.0526. The van der Waals surface area contributed by atoms with E-state index in [9.17, 15) is 0 Å². The van der Waals surface area contributed by atoms with E-state index in [4.69, 9.17) is 0 Å². The van der Waals surface area contributed by atoms with Gasteiger partial charge in [0.1, 0.15) is 0 Å². The third kappa shape index (κ3) is 4.13. The molecule has 4 rings (SSSR count). The highest BCUT2D eigenvalue weighted by Crippen LogP contribution is 2.32. The molecule has 2 saturated heterocycles. The molecule has 0 saturated carbocycles. The smallest absolute Gasteiger partial charge is 0.191 e. The molecule has 3 N–H and O–H groups in total. The fourth-order valence-electron chi connectivity index (χ4n) is 4.95. The minimum Gasteiger partial charge on any atom is -0.361 e. The van der Waals surface area contributed by atoms with Gasteiger partial charge >= 0.3 is 0 Å². The van der Waals surface area contributed by atoms with E-state index in [-0.39, 0.29) is 0 Å². The summed E-state index contributed by atoms with van der Waals surface area (Å²) >= 11 is 0. The first-order valence-electron chi connectivity index (χ1n) is 10.5. The van der Waals surface area contributed by atoms with Crippen molar-refractivity contribution in [2.24, 2.45) is 4.99 Å². The van der Waals surface area contributed by atoms with Crippen LogP contribution in [0.5, 0.6) is 0 Å². The van der Waals surface area contributed by atoms with Gasteiger partial charge in [0.25, 0.3) is 0 Å². The molecule has 2 atom stereocenters. The number of para-hydroxylation sites is 1. The average Bonchev–Trinajstić information content (AvgIpc) is 3.08. The molecule has 27 heavy (non-hydrogen) atoms. The first kappa shape index (κ1) is 18.4. The molecule has 5 heteroatoms. The summed E-state index contributed by atoms with van der Waals surface area (Å²) in [6.45, 7) is 0.943. The number of aromatic nitrogens is 1. The quantitative estimate of drug-likeness (QED) is 0.432. The normalized spacial score (nSPS) is 26.3. The van der Waals surface area contributed by atoms with Crippen LogP contribution in [0.25, 0.3) is 10.9 Å². The molecular formula is C22H33N5. The molecule has 2 unspecified atom stereocenters. The van der Waals surface area contributed by atoms with E-state index in [1.54, 1.807) is 0 Å². The molecule has 2 aliphatic heterocycles. The Morgan fingerprint density at radius 3 is 2.78 bits per heavy atom. The number of hydrogen-bond donors (Lipinski definition) is 3. The largest absolute Gasteiger partial charge is 0.361 e. The van der Waals surface area contributed by atoms with Gasteiger partial charge in [0.15, 0.2) is 5.96 Å². The standard InChI is InChI=1S/C22H33N5/c1-23-22(26-17-13-18-8-5-9-19(14-17)27(18)2)24-12-6-7-16-15-25-21-11-4-3-10-20(16)21/h3-4,10-11,15,17-19,25H,5-9,12-14H2,1-2H3,(H2,23,24,26). The van der Waals surface area contributed by atoms with Crippen molar-refractivity contribution in [2.75, 3.05) is 20.6 Å². The van der Waals surface area contributed by atoms with Crippen LogP contribution in [0.15, 0.2) is 35.5 Å². The molecule has 0 radical (unpaired) electrons. The Hall–Kier alpha value is -2.01. The van der Waals surface area contributed by atoms with Gasteiger partial charge in [-0.05, 0) is 57.2 Å². The Morgan fingerprint density at radius 1 is 1.22 bits per heavy atom. The summed E-state index contributed by atoms with van der Waals surface area (Å²) in [6, 6.07) is 10.6. The molecule has 2 aromatic rings. The SMILES string of the molecule is CN=C(NCCCc1c[nH]c2ccccc12)NC1CC2CCCC(C1)N2C. The van der Waals surface area contributed by atoms with Crippen molar-refractivity contribution in [3.63, 3.8) is 0 Å². The third-order valence-corrected chi connectivity index (χ3v) is 6.49. The maximum Gasteiger partial charge on any atom is 0.191 e. The van der Waals surface area contributed by atoms with Crippen LogP contribution in [0.1, 0.15) is 44.1 Å². The van der Waals surface area contributed by atoms with E-state index in [0.717, 1.165) is 37.4 Å². The number of piperidine rings is 2. The fraction of sp³-hybridized carbons (Fsp3) is 0.591. The van der Waals surface area contributed by atoms with Gasteiger partial charge in [-0.1, -0.05) is 24.6 Å². The third-order valence-electron chi connectivity index (χ3n) is 6.49. The van der Waals surface area contributed by atoms with Crippen LogP contribution in [0.2, 0.25) is 0 Å². The van der Waals surface area contributed by atoms with Gasteiger partial charge in [0, 0.05) is 48.8 Å². The van der Waals surface area contributed by atoms with Gasteiger partial charge < -0.3 is 20.5 Å². The number of nitrogens with one attached hydrogen (secondary N) is 3. The van der Waals surface area contributed by atoms with E-state index in [2.05, 4.69) is 63.0 Å². The van der Waals surface area contributed by atoms with Crippen LogP contribution < -0.4 is 10.6 Å². The summed E-state index contributed by atoms with van der Waals surface area (Å²) in [4.78, 5) is 10.4. The van der Waals surface area contributed by atoms with Crippen molar-refractivity contribution >= 4 is 16.9 Å². The van der Waals surface area contributed by atoms with Crippen molar-refractivity contribution in [2.45, 2.75) is 63.1 Å². The molecular weight excluding hydrogens is 334 g/mol. The highest BCUT2D eigenvalue weighted by Gasteiger charge is 2.36. The van der Waals surface area contributed by atoms with E-state index in [1.165, 1.54) is 48.6 Å². The van der Waals surface area contributed by atoms with Crippen molar-refractivity contribution in [3.05, 3.63) is 36.0 Å². The molecule has 5 nitrogen and oxygen atoms in total. The monoisotopic (exact) mass is 367 g/mol. The lowest BCUT2D eigenvalue weighted by atomic mass is 9.82. The van der Waals surface area contributed by atoms with E-state index < -0.39 is 0 Å². The maximum atomic E-state index is 4.45. The molecule has 0 amide bonds. The van der Waals surface area contributed by atoms with Crippen molar-refractivity contribution in [1.82, 2.24) is 20.5 Å². The molecule has 1 aromatic heterocycles. The highest BCUT2D eigenvalue weighted by atomic mass is 15.2. The first-order valence-corrected chi connectivity index (χ1v) is 10.5. The zero-order chi connectivity index (χ0) is 18.6. The summed E-state index contributed by atoms with van der Waals surface area (Å²) in [5.74, 6) is 0.960. The lowest BCUT2D eigenvalue weighted by Crippen LogP contribution is -2.56. The first-order chi connectivity index (χ1) is 13.2. The zero-order valence-electron chi connectivity index (χ0n) is 16.7. The molecule has 2 aliphatic rings. The number of aliphatic imine (C=N–C) groups is 1. The number of fused-ring (bicyclic) bond motifs is 3. The number of benzene rings is 1. The van der Waals surface area contributed by atoms with Gasteiger partial charge in [-0.15, -0.1) is 0 Å².